The lowest BCUT2D eigenvalue weighted by molar-refractivity contribution is 0.304. The lowest BCUT2D eigenvalue weighted by Crippen LogP contribution is -2.06. The van der Waals surface area contributed by atoms with Crippen molar-refractivity contribution in [3.63, 3.8) is 0 Å². The van der Waals surface area contributed by atoms with E-state index in [4.69, 9.17) is 0 Å². The van der Waals surface area contributed by atoms with Gasteiger partial charge in [0.1, 0.15) is 11.5 Å². The Hall–Kier alpha value is -3.96. The van der Waals surface area contributed by atoms with Crippen molar-refractivity contribution in [2.75, 3.05) is 10.7 Å². The molecule has 0 radical (unpaired) electrons. The van der Waals surface area contributed by atoms with Gasteiger partial charge in [-0.3, -0.25) is 5.43 Å². The third kappa shape index (κ3) is 3.40. The van der Waals surface area contributed by atoms with Gasteiger partial charge in [-0.25, -0.2) is 18.6 Å². The van der Waals surface area contributed by atoms with Crippen molar-refractivity contribution < 1.29 is 13.6 Å². The number of hydrazone groups is 1. The zero-order chi connectivity index (χ0) is 18.8. The molecule has 0 fully saturated rings. The average Bonchev–Trinajstić information content (AvgIpc) is 3.29. The van der Waals surface area contributed by atoms with Crippen LogP contribution >= 0.6 is 0 Å². The zero-order valence-electron chi connectivity index (χ0n) is 14.1. The van der Waals surface area contributed by atoms with E-state index >= 15 is 0 Å². The van der Waals surface area contributed by atoms with Gasteiger partial charge in [0, 0.05) is 5.69 Å². The quantitative estimate of drug-likeness (QED) is 0.398. The Morgan fingerprint density at radius 2 is 1.63 bits per heavy atom. The van der Waals surface area contributed by atoms with E-state index in [2.05, 4.69) is 55.7 Å². The van der Waals surface area contributed by atoms with Crippen LogP contribution in [0.4, 0.5) is 21.7 Å². The summed E-state index contributed by atoms with van der Waals surface area (Å²) >= 11 is 0. The van der Waals surface area contributed by atoms with Crippen LogP contribution in [0.3, 0.4) is 0 Å². The smallest absolute Gasteiger partial charge is 0.245 e. The Balaban J connectivity index is 1.67. The molecule has 0 saturated heterocycles. The minimum atomic E-state index is -0.349. The highest BCUT2D eigenvalue weighted by Gasteiger charge is 2.14. The topological polar surface area (TPSA) is 140 Å². The maximum Gasteiger partial charge on any atom is 0.245 e. The Morgan fingerprint density at radius 1 is 0.963 bits per heavy atom. The summed E-state index contributed by atoms with van der Waals surface area (Å²) in [5, 5.41) is 22.1. The van der Waals surface area contributed by atoms with Gasteiger partial charge in [0.25, 0.3) is 0 Å². The predicted octanol–water partition coefficient (Wildman–Crippen LogP) is 2.42. The first-order chi connectivity index (χ1) is 13.1. The van der Waals surface area contributed by atoms with Crippen molar-refractivity contribution >= 4 is 34.3 Å². The van der Waals surface area contributed by atoms with Gasteiger partial charge in [-0.2, -0.15) is 10.1 Å². The van der Waals surface area contributed by atoms with E-state index in [1.807, 2.05) is 0 Å². The summed E-state index contributed by atoms with van der Waals surface area (Å²) < 4.78 is 22.4. The van der Waals surface area contributed by atoms with Crippen LogP contribution in [-0.2, 0) is 0 Å². The van der Waals surface area contributed by atoms with Crippen molar-refractivity contribution in [2.24, 2.45) is 5.10 Å². The zero-order valence-corrected chi connectivity index (χ0v) is 14.1. The monoisotopic (exact) mass is 369 g/mol. The van der Waals surface area contributed by atoms with Gasteiger partial charge in [-0.05, 0) is 53.6 Å². The first kappa shape index (κ1) is 16.5. The summed E-state index contributed by atoms with van der Waals surface area (Å²) in [7, 11) is 0. The molecule has 0 aliphatic rings. The molecule has 4 rings (SSSR count). The standard InChI is InChI=1S/C15H12FN9O2/c1-7(11-8(2)22-26-23-11)20-21-13-12(17-10-5-3-9(16)4-6-10)18-14-15(19-13)25-27-24-14/h3-6H,1-2H3,(H,17,18,24)(H,19,21,25). The molecule has 27 heavy (non-hydrogen) atoms. The van der Waals surface area contributed by atoms with Crippen LogP contribution in [0.5, 0.6) is 0 Å². The Labute approximate surface area is 150 Å². The summed E-state index contributed by atoms with van der Waals surface area (Å²) in [6.45, 7) is 3.48. The van der Waals surface area contributed by atoms with Crippen LogP contribution in [0.15, 0.2) is 38.6 Å². The number of rotatable bonds is 5. The number of aromatic nitrogens is 6. The highest BCUT2D eigenvalue weighted by atomic mass is 19.1. The van der Waals surface area contributed by atoms with E-state index in [0.29, 0.717) is 28.6 Å². The third-order valence-electron chi connectivity index (χ3n) is 3.55. The Bertz CT molecular complexity index is 1120. The van der Waals surface area contributed by atoms with E-state index in [1.54, 1.807) is 26.0 Å². The van der Waals surface area contributed by atoms with Gasteiger partial charge in [0.05, 0.1) is 5.71 Å². The Morgan fingerprint density at radius 3 is 2.30 bits per heavy atom. The van der Waals surface area contributed by atoms with Gasteiger partial charge in [0.15, 0.2) is 17.3 Å². The summed E-state index contributed by atoms with van der Waals surface area (Å²) in [6.07, 6.45) is 0. The summed E-state index contributed by atoms with van der Waals surface area (Å²) in [5.74, 6) is 0.213. The fraction of sp³-hybridized carbons (Fsp3) is 0.133. The van der Waals surface area contributed by atoms with Crippen LogP contribution in [0, 0.1) is 12.7 Å². The largest absolute Gasteiger partial charge is 0.337 e. The molecule has 1 aromatic carbocycles. The molecule has 4 aromatic rings. The number of hydrogen-bond acceptors (Lipinski definition) is 11. The number of benzene rings is 1. The SMILES string of the molecule is CC(=NNc1nc2nonc2nc1Nc1ccc(F)cc1)c1nonc1C. The van der Waals surface area contributed by atoms with Crippen LogP contribution in [0.2, 0.25) is 0 Å². The maximum atomic E-state index is 13.1. The fourth-order valence-corrected chi connectivity index (χ4v) is 2.22. The van der Waals surface area contributed by atoms with Crippen molar-refractivity contribution in [3.8, 4) is 0 Å². The average molecular weight is 369 g/mol. The molecule has 2 N–H and O–H groups in total. The number of anilines is 3. The number of fused-ring (bicyclic) bond motifs is 1. The van der Waals surface area contributed by atoms with Gasteiger partial charge < -0.3 is 5.32 Å². The second-order valence-electron chi connectivity index (χ2n) is 5.47. The molecule has 0 bridgehead atoms. The predicted molar refractivity (Wildman–Crippen MR) is 91.9 cm³/mol. The molecule has 11 nitrogen and oxygen atoms in total. The summed E-state index contributed by atoms with van der Waals surface area (Å²) in [4.78, 5) is 8.58. The first-order valence-electron chi connectivity index (χ1n) is 7.73. The van der Waals surface area contributed by atoms with E-state index in [0.717, 1.165) is 0 Å². The van der Waals surface area contributed by atoms with Gasteiger partial charge in [-0.1, -0.05) is 5.16 Å². The molecule has 3 heterocycles. The number of nitrogens with zero attached hydrogens (tertiary/aromatic N) is 7. The third-order valence-corrected chi connectivity index (χ3v) is 3.55. The molecule has 0 amide bonds. The number of halogens is 1. The molecule has 0 aliphatic carbocycles. The van der Waals surface area contributed by atoms with E-state index in [9.17, 15) is 4.39 Å². The molecule has 0 atom stereocenters. The first-order valence-corrected chi connectivity index (χ1v) is 7.73. The second kappa shape index (κ2) is 6.74. The molecule has 12 heteroatoms. The van der Waals surface area contributed by atoms with Crippen LogP contribution < -0.4 is 10.7 Å². The van der Waals surface area contributed by atoms with Crippen molar-refractivity contribution in [1.29, 1.82) is 0 Å². The van der Waals surface area contributed by atoms with E-state index in [-0.39, 0.29) is 22.9 Å². The molecular formula is C15H12FN9O2. The highest BCUT2D eigenvalue weighted by Crippen LogP contribution is 2.24. The van der Waals surface area contributed by atoms with Crippen LogP contribution in [-0.4, -0.2) is 36.3 Å². The Kier molecular flexibility index (Phi) is 4.12. The molecule has 3 aromatic heterocycles. The molecule has 136 valence electrons. The lowest BCUT2D eigenvalue weighted by atomic mass is 10.2. The number of nitrogens with one attached hydrogen (secondary N) is 2. The van der Waals surface area contributed by atoms with Gasteiger partial charge >= 0.3 is 0 Å². The normalized spacial score (nSPS) is 11.7. The van der Waals surface area contributed by atoms with Crippen molar-refractivity contribution in [2.45, 2.75) is 13.8 Å². The van der Waals surface area contributed by atoms with Gasteiger partial charge in [-0.15, -0.1) is 0 Å². The van der Waals surface area contributed by atoms with Crippen molar-refractivity contribution in [1.82, 2.24) is 30.6 Å². The molecule has 0 spiro atoms. The lowest BCUT2D eigenvalue weighted by Gasteiger charge is -2.09. The second-order valence-corrected chi connectivity index (χ2v) is 5.47. The van der Waals surface area contributed by atoms with Crippen molar-refractivity contribution in [3.05, 3.63) is 41.5 Å². The minimum Gasteiger partial charge on any atom is -0.337 e. The molecule has 0 unspecified atom stereocenters. The van der Waals surface area contributed by atoms with Crippen LogP contribution in [0.25, 0.3) is 11.3 Å². The van der Waals surface area contributed by atoms with Crippen LogP contribution in [0.1, 0.15) is 18.3 Å². The van der Waals surface area contributed by atoms with Gasteiger partial charge in [0.2, 0.25) is 11.3 Å². The van der Waals surface area contributed by atoms with E-state index < -0.39 is 0 Å². The molecule has 0 aliphatic heterocycles. The molecule has 0 saturated carbocycles. The summed E-state index contributed by atoms with van der Waals surface area (Å²) in [5.41, 5.74) is 5.45. The number of aryl methyl sites for hydroxylation is 1. The molecular weight excluding hydrogens is 357 g/mol. The number of hydrogen-bond donors (Lipinski definition) is 2. The van der Waals surface area contributed by atoms with E-state index in [1.165, 1.54) is 12.1 Å². The summed E-state index contributed by atoms with van der Waals surface area (Å²) in [6, 6.07) is 5.76. The highest BCUT2D eigenvalue weighted by molar-refractivity contribution is 5.98. The minimum absolute atomic E-state index is 0.203. The fourth-order valence-electron chi connectivity index (χ4n) is 2.22. The maximum absolute atomic E-state index is 13.1.